The molecule has 0 unspecified atom stereocenters. The highest BCUT2D eigenvalue weighted by molar-refractivity contribution is 9.10. The van der Waals surface area contributed by atoms with Gasteiger partial charge in [0.15, 0.2) is 5.82 Å². The van der Waals surface area contributed by atoms with E-state index in [1.165, 1.54) is 11.3 Å². The van der Waals surface area contributed by atoms with E-state index >= 15 is 0 Å². The van der Waals surface area contributed by atoms with Crippen molar-refractivity contribution in [3.05, 3.63) is 25.7 Å². The third-order valence-corrected chi connectivity index (χ3v) is 2.82. The Hall–Kier alpha value is -1.21. The second kappa shape index (κ2) is 3.50. The van der Waals surface area contributed by atoms with Gasteiger partial charge in [0.25, 0.3) is 5.56 Å². The van der Waals surface area contributed by atoms with Gasteiger partial charge in [0.1, 0.15) is 10.2 Å². The van der Waals surface area contributed by atoms with Crippen LogP contribution in [0.3, 0.4) is 0 Å². The number of aromatic nitrogens is 3. The second-order valence-corrected chi connectivity index (χ2v) is 3.94. The van der Waals surface area contributed by atoms with Gasteiger partial charge in [-0.2, -0.15) is 4.98 Å². The molecule has 5 nitrogen and oxygen atoms in total. The number of nitrogens with one attached hydrogen (secondary N) is 1. The number of nitrogens with zero attached hydrogens (tertiary/aromatic N) is 2. The van der Waals surface area contributed by atoms with E-state index in [2.05, 4.69) is 30.9 Å². The number of halogens is 1. The van der Waals surface area contributed by atoms with E-state index in [0.717, 1.165) is 0 Å². The molecule has 0 fully saturated rings. The molecule has 0 aliphatic carbocycles. The summed E-state index contributed by atoms with van der Waals surface area (Å²) in [4.78, 5) is 21.4. The van der Waals surface area contributed by atoms with Crippen LogP contribution in [0.5, 0.6) is 5.88 Å². The van der Waals surface area contributed by atoms with Gasteiger partial charge in [-0.25, -0.2) is 4.98 Å². The largest absolute Gasteiger partial charge is 0.492 e. The maximum atomic E-state index is 11.2. The molecule has 0 saturated carbocycles. The molecule has 2 aromatic rings. The van der Waals surface area contributed by atoms with E-state index in [1.54, 1.807) is 10.9 Å². The first-order chi connectivity index (χ1) is 6.68. The van der Waals surface area contributed by atoms with E-state index in [0.29, 0.717) is 5.69 Å². The lowest BCUT2D eigenvalue weighted by Gasteiger charge is -1.98. The second-order valence-electron chi connectivity index (χ2n) is 2.43. The van der Waals surface area contributed by atoms with Gasteiger partial charge in [0.05, 0.1) is 5.51 Å². The molecule has 2 heterocycles. The lowest BCUT2D eigenvalue weighted by molar-refractivity contribution is 0.448. The Labute approximate surface area is 90.6 Å². The standard InChI is InChI=1S/C7H4BrN3O2S/c8-4-6(12)10-5(11-7(4)13)3-1-14-2-9-3/h1-2H,(H2,10,11,12,13). The zero-order chi connectivity index (χ0) is 10.1. The summed E-state index contributed by atoms with van der Waals surface area (Å²) in [6, 6.07) is 0. The van der Waals surface area contributed by atoms with Crippen LogP contribution in [0.1, 0.15) is 0 Å². The summed E-state index contributed by atoms with van der Waals surface area (Å²) in [5, 5.41) is 11.0. The first-order valence-electron chi connectivity index (χ1n) is 3.56. The van der Waals surface area contributed by atoms with Gasteiger partial charge in [0, 0.05) is 5.38 Å². The summed E-state index contributed by atoms with van der Waals surface area (Å²) < 4.78 is 0.0245. The molecule has 0 aliphatic rings. The minimum atomic E-state index is -0.430. The lowest BCUT2D eigenvalue weighted by Crippen LogP contribution is -2.09. The molecule has 7 heteroatoms. The van der Waals surface area contributed by atoms with E-state index < -0.39 is 5.56 Å². The Morgan fingerprint density at radius 1 is 1.57 bits per heavy atom. The molecule has 0 atom stereocenters. The van der Waals surface area contributed by atoms with Crippen molar-refractivity contribution in [3.63, 3.8) is 0 Å². The quantitative estimate of drug-likeness (QED) is 0.823. The van der Waals surface area contributed by atoms with Crippen LogP contribution in [0.25, 0.3) is 11.5 Å². The Morgan fingerprint density at radius 3 is 2.93 bits per heavy atom. The van der Waals surface area contributed by atoms with Crippen molar-refractivity contribution in [2.75, 3.05) is 0 Å². The van der Waals surface area contributed by atoms with Crippen molar-refractivity contribution in [3.8, 4) is 17.4 Å². The molecule has 0 amide bonds. The van der Waals surface area contributed by atoms with Crippen LogP contribution >= 0.6 is 27.3 Å². The summed E-state index contributed by atoms with van der Waals surface area (Å²) >= 11 is 4.29. The van der Waals surface area contributed by atoms with Crippen LogP contribution in [0.4, 0.5) is 0 Å². The fourth-order valence-corrected chi connectivity index (χ4v) is 1.62. The van der Waals surface area contributed by atoms with Crippen LogP contribution in [0.2, 0.25) is 0 Å². The number of rotatable bonds is 1. The van der Waals surface area contributed by atoms with Crippen molar-refractivity contribution in [2.24, 2.45) is 0 Å². The Kier molecular flexibility index (Phi) is 2.34. The van der Waals surface area contributed by atoms with Gasteiger partial charge in [-0.3, -0.25) is 4.79 Å². The number of H-pyrrole nitrogens is 1. The summed E-state index contributed by atoms with van der Waals surface area (Å²) in [5.41, 5.74) is 1.73. The van der Waals surface area contributed by atoms with Crippen LogP contribution in [-0.2, 0) is 0 Å². The Balaban J connectivity index is 2.63. The van der Waals surface area contributed by atoms with Gasteiger partial charge < -0.3 is 10.1 Å². The summed E-state index contributed by atoms with van der Waals surface area (Å²) in [6.45, 7) is 0. The highest BCUT2D eigenvalue weighted by Crippen LogP contribution is 2.20. The fourth-order valence-electron chi connectivity index (χ4n) is 0.898. The van der Waals surface area contributed by atoms with Crippen LogP contribution in [-0.4, -0.2) is 20.1 Å². The third-order valence-electron chi connectivity index (χ3n) is 1.52. The number of hydrogen-bond acceptors (Lipinski definition) is 5. The normalized spacial score (nSPS) is 10.4. The number of thiazole rings is 1. The molecule has 72 valence electrons. The molecule has 0 aromatic carbocycles. The van der Waals surface area contributed by atoms with Gasteiger partial charge in [0.2, 0.25) is 5.88 Å². The van der Waals surface area contributed by atoms with Crippen LogP contribution < -0.4 is 5.56 Å². The molecular formula is C7H4BrN3O2S. The number of aromatic hydroxyl groups is 1. The van der Waals surface area contributed by atoms with Gasteiger partial charge in [-0.15, -0.1) is 11.3 Å². The maximum Gasteiger partial charge on any atom is 0.269 e. The molecule has 14 heavy (non-hydrogen) atoms. The lowest BCUT2D eigenvalue weighted by atomic mass is 10.4. The van der Waals surface area contributed by atoms with E-state index in [-0.39, 0.29) is 16.2 Å². The first-order valence-corrected chi connectivity index (χ1v) is 5.29. The van der Waals surface area contributed by atoms with E-state index in [9.17, 15) is 9.90 Å². The minimum Gasteiger partial charge on any atom is -0.492 e. The first kappa shape index (κ1) is 9.35. The van der Waals surface area contributed by atoms with E-state index in [1.807, 2.05) is 0 Å². The van der Waals surface area contributed by atoms with E-state index in [4.69, 9.17) is 0 Å². The van der Waals surface area contributed by atoms with Crippen LogP contribution in [0, 0.1) is 0 Å². The Bertz CT molecular complexity index is 508. The Morgan fingerprint density at radius 2 is 2.36 bits per heavy atom. The topological polar surface area (TPSA) is 78.9 Å². The molecule has 0 aliphatic heterocycles. The average Bonchev–Trinajstić information content (AvgIpc) is 2.66. The molecular weight excluding hydrogens is 270 g/mol. The summed E-state index contributed by atoms with van der Waals surface area (Å²) in [6.07, 6.45) is 0. The van der Waals surface area contributed by atoms with Crippen LogP contribution in [0.15, 0.2) is 20.2 Å². The van der Waals surface area contributed by atoms with Crippen molar-refractivity contribution < 1.29 is 5.11 Å². The van der Waals surface area contributed by atoms with Crippen molar-refractivity contribution >= 4 is 27.3 Å². The zero-order valence-electron chi connectivity index (χ0n) is 6.69. The summed E-state index contributed by atoms with van der Waals surface area (Å²) in [5.74, 6) is -0.0753. The van der Waals surface area contributed by atoms with Gasteiger partial charge in [-0.05, 0) is 15.9 Å². The highest BCUT2D eigenvalue weighted by Gasteiger charge is 2.09. The predicted octanol–water partition coefficient (Wildman–Crippen LogP) is 1.36. The summed E-state index contributed by atoms with van der Waals surface area (Å²) in [7, 11) is 0. The van der Waals surface area contributed by atoms with Gasteiger partial charge >= 0.3 is 0 Å². The third kappa shape index (κ3) is 1.55. The molecule has 0 saturated heterocycles. The number of hydrogen-bond donors (Lipinski definition) is 2. The smallest absolute Gasteiger partial charge is 0.269 e. The highest BCUT2D eigenvalue weighted by atomic mass is 79.9. The number of aromatic amines is 1. The average molecular weight is 274 g/mol. The molecule has 0 radical (unpaired) electrons. The molecule has 0 bridgehead atoms. The van der Waals surface area contributed by atoms with Gasteiger partial charge in [-0.1, -0.05) is 0 Å². The molecule has 2 N–H and O–H groups in total. The molecule has 2 aromatic heterocycles. The predicted molar refractivity (Wildman–Crippen MR) is 55.3 cm³/mol. The minimum absolute atomic E-state index is 0.0245. The molecule has 2 rings (SSSR count). The van der Waals surface area contributed by atoms with Crippen molar-refractivity contribution in [1.29, 1.82) is 0 Å². The van der Waals surface area contributed by atoms with Crippen molar-refractivity contribution in [2.45, 2.75) is 0 Å². The van der Waals surface area contributed by atoms with Crippen molar-refractivity contribution in [1.82, 2.24) is 15.0 Å². The SMILES string of the molecule is O=c1[nH]c(-c2cscn2)nc(O)c1Br. The maximum absolute atomic E-state index is 11.2. The molecule has 0 spiro atoms. The monoisotopic (exact) mass is 273 g/mol. The fraction of sp³-hybridized carbons (Fsp3) is 0. The zero-order valence-corrected chi connectivity index (χ0v) is 9.09.